The van der Waals surface area contributed by atoms with Gasteiger partial charge in [-0.05, 0) is 43.7 Å². The van der Waals surface area contributed by atoms with Gasteiger partial charge in [-0.3, -0.25) is 0 Å². The van der Waals surface area contributed by atoms with E-state index in [1.165, 1.54) is 0 Å². The third-order valence-electron chi connectivity index (χ3n) is 3.54. The Hall–Kier alpha value is -3.09. The first-order chi connectivity index (χ1) is 12.2. The molecule has 7 nitrogen and oxygen atoms in total. The Morgan fingerprint density at radius 3 is 2.76 bits per heavy atom. The molecular formula is C18H20N4O3. The summed E-state index contributed by atoms with van der Waals surface area (Å²) in [6.45, 7) is 4.91. The van der Waals surface area contributed by atoms with E-state index in [0.29, 0.717) is 24.9 Å². The number of hydrogen-bond donors (Lipinski definition) is 1. The molecule has 3 aromatic rings. The molecule has 7 heteroatoms. The zero-order valence-corrected chi connectivity index (χ0v) is 14.4. The van der Waals surface area contributed by atoms with Gasteiger partial charge in [0.1, 0.15) is 5.82 Å². The van der Waals surface area contributed by atoms with E-state index < -0.39 is 0 Å². The minimum atomic E-state index is 0.478. The number of nitrogens with zero attached hydrogens (tertiary/aromatic N) is 3. The number of hydrogen-bond acceptors (Lipinski definition) is 7. The van der Waals surface area contributed by atoms with Crippen LogP contribution in [0.1, 0.15) is 18.3 Å². The summed E-state index contributed by atoms with van der Waals surface area (Å²) in [5.41, 5.74) is 1.88. The first kappa shape index (κ1) is 16.8. The second kappa shape index (κ2) is 7.65. The molecule has 0 aliphatic rings. The highest BCUT2D eigenvalue weighted by Crippen LogP contribution is 2.28. The molecule has 0 aliphatic carbocycles. The quantitative estimate of drug-likeness (QED) is 0.705. The van der Waals surface area contributed by atoms with Crippen molar-refractivity contribution in [3.05, 3.63) is 47.9 Å². The normalized spacial score (nSPS) is 10.5. The summed E-state index contributed by atoms with van der Waals surface area (Å²) < 4.78 is 16.1. The third-order valence-corrected chi connectivity index (χ3v) is 3.54. The molecule has 0 aliphatic heterocycles. The van der Waals surface area contributed by atoms with Crippen molar-refractivity contribution >= 4 is 5.82 Å². The minimum absolute atomic E-state index is 0.478. The standard InChI is InChI=1S/C18H20N4O3/c1-4-24-16-9-13(5-6-15(16)23-3)11-20-17-10-14(7-8-19-17)18-21-12(2)22-25-18/h5-10H,4,11H2,1-3H3,(H,19,20). The summed E-state index contributed by atoms with van der Waals surface area (Å²) >= 11 is 0. The molecule has 1 N–H and O–H groups in total. The first-order valence-electron chi connectivity index (χ1n) is 8.00. The molecule has 0 saturated heterocycles. The lowest BCUT2D eigenvalue weighted by atomic mass is 10.2. The molecule has 2 heterocycles. The van der Waals surface area contributed by atoms with Crippen LogP contribution in [0.5, 0.6) is 11.5 Å². The van der Waals surface area contributed by atoms with Gasteiger partial charge in [0.2, 0.25) is 0 Å². The number of methoxy groups -OCH3 is 1. The van der Waals surface area contributed by atoms with Crippen LogP contribution in [0.3, 0.4) is 0 Å². The van der Waals surface area contributed by atoms with Gasteiger partial charge >= 0.3 is 0 Å². The Labute approximate surface area is 146 Å². The van der Waals surface area contributed by atoms with Crippen LogP contribution >= 0.6 is 0 Å². The van der Waals surface area contributed by atoms with Crippen molar-refractivity contribution in [3.8, 4) is 23.0 Å². The molecule has 0 saturated carbocycles. The van der Waals surface area contributed by atoms with Crippen LogP contribution in [0.15, 0.2) is 41.1 Å². The summed E-state index contributed by atoms with van der Waals surface area (Å²) in [4.78, 5) is 8.55. The van der Waals surface area contributed by atoms with E-state index in [-0.39, 0.29) is 0 Å². The van der Waals surface area contributed by atoms with Crippen LogP contribution in [-0.2, 0) is 6.54 Å². The van der Waals surface area contributed by atoms with Crippen LogP contribution in [-0.4, -0.2) is 28.8 Å². The van der Waals surface area contributed by atoms with Gasteiger partial charge in [-0.15, -0.1) is 0 Å². The number of rotatable bonds is 7. The van der Waals surface area contributed by atoms with Crippen molar-refractivity contribution in [1.29, 1.82) is 0 Å². The zero-order chi connectivity index (χ0) is 17.6. The lowest BCUT2D eigenvalue weighted by Crippen LogP contribution is -2.03. The molecule has 0 spiro atoms. The fourth-order valence-electron chi connectivity index (χ4n) is 2.37. The second-order valence-electron chi connectivity index (χ2n) is 5.35. The van der Waals surface area contributed by atoms with Crippen molar-refractivity contribution in [2.75, 3.05) is 19.0 Å². The van der Waals surface area contributed by atoms with Crippen molar-refractivity contribution in [2.45, 2.75) is 20.4 Å². The van der Waals surface area contributed by atoms with E-state index in [1.807, 2.05) is 37.3 Å². The summed E-state index contributed by atoms with van der Waals surface area (Å²) in [7, 11) is 1.63. The Morgan fingerprint density at radius 2 is 2.04 bits per heavy atom. The maximum atomic E-state index is 5.60. The van der Waals surface area contributed by atoms with Crippen LogP contribution in [0.25, 0.3) is 11.5 Å². The van der Waals surface area contributed by atoms with E-state index in [1.54, 1.807) is 20.2 Å². The third kappa shape index (κ3) is 4.06. The highest BCUT2D eigenvalue weighted by molar-refractivity contribution is 5.58. The zero-order valence-electron chi connectivity index (χ0n) is 14.4. The average Bonchev–Trinajstić information content (AvgIpc) is 3.07. The number of ether oxygens (including phenoxy) is 2. The van der Waals surface area contributed by atoms with Crippen molar-refractivity contribution in [2.24, 2.45) is 0 Å². The number of pyridine rings is 1. The van der Waals surface area contributed by atoms with Crippen LogP contribution < -0.4 is 14.8 Å². The molecule has 0 amide bonds. The summed E-state index contributed by atoms with van der Waals surface area (Å²) in [5.74, 6) is 3.25. The number of aryl methyl sites for hydroxylation is 1. The van der Waals surface area contributed by atoms with Crippen LogP contribution in [0.4, 0.5) is 5.82 Å². The van der Waals surface area contributed by atoms with Gasteiger partial charge < -0.3 is 19.3 Å². The molecule has 0 fully saturated rings. The number of nitrogens with one attached hydrogen (secondary N) is 1. The predicted octanol–water partition coefficient (Wildman–Crippen LogP) is 3.46. The van der Waals surface area contributed by atoms with Gasteiger partial charge in [-0.25, -0.2) is 4.98 Å². The summed E-state index contributed by atoms with van der Waals surface area (Å²) in [6, 6.07) is 9.55. The number of anilines is 1. The Kier molecular flexibility index (Phi) is 5.13. The van der Waals surface area contributed by atoms with E-state index in [9.17, 15) is 0 Å². The lowest BCUT2D eigenvalue weighted by molar-refractivity contribution is 0.310. The van der Waals surface area contributed by atoms with Crippen molar-refractivity contribution < 1.29 is 14.0 Å². The van der Waals surface area contributed by atoms with Gasteiger partial charge in [0.05, 0.1) is 13.7 Å². The maximum Gasteiger partial charge on any atom is 0.258 e. The molecule has 25 heavy (non-hydrogen) atoms. The predicted molar refractivity (Wildman–Crippen MR) is 93.8 cm³/mol. The van der Waals surface area contributed by atoms with E-state index in [0.717, 1.165) is 28.4 Å². The summed E-state index contributed by atoms with van der Waals surface area (Å²) in [6.07, 6.45) is 1.71. The topological polar surface area (TPSA) is 82.3 Å². The molecule has 0 bridgehead atoms. The minimum Gasteiger partial charge on any atom is -0.493 e. The van der Waals surface area contributed by atoms with Gasteiger partial charge in [0.15, 0.2) is 17.3 Å². The lowest BCUT2D eigenvalue weighted by Gasteiger charge is -2.12. The highest BCUT2D eigenvalue weighted by atomic mass is 16.5. The second-order valence-corrected chi connectivity index (χ2v) is 5.35. The number of benzene rings is 1. The maximum absolute atomic E-state index is 5.60. The average molecular weight is 340 g/mol. The Morgan fingerprint density at radius 1 is 1.16 bits per heavy atom. The Balaban J connectivity index is 1.72. The molecule has 0 atom stereocenters. The molecule has 2 aromatic heterocycles. The molecule has 0 radical (unpaired) electrons. The highest BCUT2D eigenvalue weighted by Gasteiger charge is 2.08. The molecule has 0 unspecified atom stereocenters. The fourth-order valence-corrected chi connectivity index (χ4v) is 2.37. The van der Waals surface area contributed by atoms with Gasteiger partial charge in [0, 0.05) is 18.3 Å². The van der Waals surface area contributed by atoms with Crippen LogP contribution in [0.2, 0.25) is 0 Å². The van der Waals surface area contributed by atoms with E-state index >= 15 is 0 Å². The number of aromatic nitrogens is 3. The summed E-state index contributed by atoms with van der Waals surface area (Å²) in [5, 5.41) is 7.09. The molecular weight excluding hydrogens is 320 g/mol. The van der Waals surface area contributed by atoms with E-state index in [2.05, 4.69) is 20.4 Å². The van der Waals surface area contributed by atoms with Gasteiger partial charge in [0.25, 0.3) is 5.89 Å². The fraction of sp³-hybridized carbons (Fsp3) is 0.278. The monoisotopic (exact) mass is 340 g/mol. The largest absolute Gasteiger partial charge is 0.493 e. The molecule has 130 valence electrons. The van der Waals surface area contributed by atoms with Crippen molar-refractivity contribution in [3.63, 3.8) is 0 Å². The van der Waals surface area contributed by atoms with E-state index in [4.69, 9.17) is 14.0 Å². The SMILES string of the molecule is CCOc1cc(CNc2cc(-c3nc(C)no3)ccn2)ccc1OC. The smallest absolute Gasteiger partial charge is 0.258 e. The molecule has 3 rings (SSSR count). The Bertz CT molecular complexity index is 848. The molecule has 1 aromatic carbocycles. The van der Waals surface area contributed by atoms with Gasteiger partial charge in [-0.2, -0.15) is 4.98 Å². The first-order valence-corrected chi connectivity index (χ1v) is 8.00. The van der Waals surface area contributed by atoms with Gasteiger partial charge in [-0.1, -0.05) is 11.2 Å². The van der Waals surface area contributed by atoms with Crippen LogP contribution in [0, 0.1) is 6.92 Å². The van der Waals surface area contributed by atoms with Crippen molar-refractivity contribution in [1.82, 2.24) is 15.1 Å².